The van der Waals surface area contributed by atoms with Crippen molar-refractivity contribution in [2.45, 2.75) is 26.2 Å². The second-order valence-corrected chi connectivity index (χ2v) is 7.27. The SMILES string of the molecule is Cc1nc(NCCNC(=O)c2nccc3ccccc23)cc(N2CCCCC2)n1. The number of rotatable bonds is 6. The summed E-state index contributed by atoms with van der Waals surface area (Å²) < 4.78 is 0. The number of aromatic nitrogens is 3. The average Bonchev–Trinajstić information content (AvgIpc) is 2.76. The third-order valence-electron chi connectivity index (χ3n) is 5.11. The summed E-state index contributed by atoms with van der Waals surface area (Å²) >= 11 is 0. The fourth-order valence-corrected chi connectivity index (χ4v) is 3.68. The van der Waals surface area contributed by atoms with E-state index in [2.05, 4.69) is 30.5 Å². The smallest absolute Gasteiger partial charge is 0.270 e. The molecule has 0 aliphatic carbocycles. The zero-order valence-corrected chi connectivity index (χ0v) is 16.7. The second kappa shape index (κ2) is 8.86. The van der Waals surface area contributed by atoms with E-state index < -0.39 is 0 Å². The van der Waals surface area contributed by atoms with Crippen molar-refractivity contribution in [3.63, 3.8) is 0 Å². The predicted molar refractivity (Wildman–Crippen MR) is 115 cm³/mol. The zero-order valence-electron chi connectivity index (χ0n) is 16.7. The van der Waals surface area contributed by atoms with Crippen LogP contribution in [-0.4, -0.2) is 47.0 Å². The van der Waals surface area contributed by atoms with Gasteiger partial charge in [-0.2, -0.15) is 0 Å². The minimum Gasteiger partial charge on any atom is -0.368 e. The highest BCUT2D eigenvalue weighted by molar-refractivity contribution is 6.05. The Kier molecular flexibility index (Phi) is 5.84. The molecule has 4 rings (SSSR count). The van der Waals surface area contributed by atoms with Gasteiger partial charge in [0.05, 0.1) is 0 Å². The van der Waals surface area contributed by atoms with Gasteiger partial charge >= 0.3 is 0 Å². The van der Waals surface area contributed by atoms with Crippen molar-refractivity contribution >= 4 is 28.3 Å². The van der Waals surface area contributed by atoms with Gasteiger partial charge in [-0.3, -0.25) is 9.78 Å². The average molecular weight is 390 g/mol. The highest BCUT2D eigenvalue weighted by atomic mass is 16.1. The fourth-order valence-electron chi connectivity index (χ4n) is 3.68. The van der Waals surface area contributed by atoms with Crippen LogP contribution in [0, 0.1) is 6.92 Å². The van der Waals surface area contributed by atoms with Gasteiger partial charge in [0.2, 0.25) is 0 Å². The van der Waals surface area contributed by atoms with E-state index in [0.29, 0.717) is 18.8 Å². The number of piperidine rings is 1. The van der Waals surface area contributed by atoms with Crippen LogP contribution in [0.4, 0.5) is 11.6 Å². The fraction of sp³-hybridized carbons (Fsp3) is 0.364. The molecule has 3 heterocycles. The van der Waals surface area contributed by atoms with E-state index in [1.165, 1.54) is 19.3 Å². The van der Waals surface area contributed by atoms with Crippen LogP contribution >= 0.6 is 0 Å². The number of nitrogens with zero attached hydrogens (tertiary/aromatic N) is 4. The molecule has 2 N–H and O–H groups in total. The lowest BCUT2D eigenvalue weighted by Crippen LogP contribution is -2.31. The van der Waals surface area contributed by atoms with Crippen LogP contribution in [0.1, 0.15) is 35.6 Å². The summed E-state index contributed by atoms with van der Waals surface area (Å²) in [6, 6.07) is 11.7. The number of hydrogen-bond donors (Lipinski definition) is 2. The van der Waals surface area contributed by atoms with Crippen molar-refractivity contribution in [1.29, 1.82) is 0 Å². The van der Waals surface area contributed by atoms with Gasteiger partial charge in [0.25, 0.3) is 5.91 Å². The second-order valence-electron chi connectivity index (χ2n) is 7.27. The Morgan fingerprint density at radius 3 is 2.76 bits per heavy atom. The number of fused-ring (bicyclic) bond motifs is 1. The van der Waals surface area contributed by atoms with Crippen LogP contribution in [0.2, 0.25) is 0 Å². The monoisotopic (exact) mass is 390 g/mol. The van der Waals surface area contributed by atoms with E-state index in [9.17, 15) is 4.79 Å². The third-order valence-corrected chi connectivity index (χ3v) is 5.11. The van der Waals surface area contributed by atoms with Crippen LogP contribution in [0.25, 0.3) is 10.8 Å². The number of carbonyl (C=O) groups excluding carboxylic acids is 1. The van der Waals surface area contributed by atoms with Crippen LogP contribution < -0.4 is 15.5 Å². The number of pyridine rings is 1. The summed E-state index contributed by atoms with van der Waals surface area (Å²) in [5, 5.41) is 8.10. The number of carbonyl (C=O) groups is 1. The van der Waals surface area contributed by atoms with E-state index in [0.717, 1.165) is 41.3 Å². The molecule has 3 aromatic rings. The lowest BCUT2D eigenvalue weighted by molar-refractivity contribution is 0.0952. The van der Waals surface area contributed by atoms with Gasteiger partial charge in [-0.05, 0) is 37.6 Å². The first-order valence-corrected chi connectivity index (χ1v) is 10.2. The Balaban J connectivity index is 1.34. The Morgan fingerprint density at radius 1 is 1.07 bits per heavy atom. The van der Waals surface area contributed by atoms with Gasteiger partial charge in [-0.25, -0.2) is 9.97 Å². The van der Waals surface area contributed by atoms with Crippen molar-refractivity contribution in [2.75, 3.05) is 36.4 Å². The van der Waals surface area contributed by atoms with Crippen LogP contribution in [-0.2, 0) is 0 Å². The van der Waals surface area contributed by atoms with Gasteiger partial charge in [-0.1, -0.05) is 24.3 Å². The van der Waals surface area contributed by atoms with Gasteiger partial charge in [0.15, 0.2) is 0 Å². The van der Waals surface area contributed by atoms with Crippen molar-refractivity contribution in [2.24, 2.45) is 0 Å². The van der Waals surface area contributed by atoms with E-state index in [1.807, 2.05) is 43.3 Å². The topological polar surface area (TPSA) is 83.0 Å². The van der Waals surface area contributed by atoms with Crippen molar-refractivity contribution in [3.8, 4) is 0 Å². The molecule has 7 nitrogen and oxygen atoms in total. The molecule has 1 aliphatic heterocycles. The first-order chi connectivity index (χ1) is 14.2. The van der Waals surface area contributed by atoms with Gasteiger partial charge < -0.3 is 15.5 Å². The summed E-state index contributed by atoms with van der Waals surface area (Å²) in [5.41, 5.74) is 0.452. The van der Waals surface area contributed by atoms with Gasteiger partial charge in [-0.15, -0.1) is 0 Å². The summed E-state index contributed by atoms with van der Waals surface area (Å²) in [6.07, 6.45) is 5.37. The Labute approximate surface area is 170 Å². The Bertz CT molecular complexity index is 994. The number of aryl methyl sites for hydroxylation is 1. The minimum absolute atomic E-state index is 0.170. The number of anilines is 2. The molecule has 0 unspecified atom stereocenters. The maximum absolute atomic E-state index is 12.6. The number of nitrogens with one attached hydrogen (secondary N) is 2. The highest BCUT2D eigenvalue weighted by Crippen LogP contribution is 2.20. The summed E-state index contributed by atoms with van der Waals surface area (Å²) in [6.45, 7) is 5.05. The van der Waals surface area contributed by atoms with Gasteiger partial charge in [0, 0.05) is 43.8 Å². The van der Waals surface area contributed by atoms with Crippen LogP contribution in [0.15, 0.2) is 42.6 Å². The standard InChI is InChI=1S/C22H26N6O/c1-16-26-19(15-20(27-16)28-13-5-2-6-14-28)23-11-12-25-22(29)21-18-8-4-3-7-17(18)9-10-24-21/h3-4,7-10,15H,2,5-6,11-14H2,1H3,(H,25,29)(H,23,26,27). The summed E-state index contributed by atoms with van der Waals surface area (Å²) in [7, 11) is 0. The molecule has 1 saturated heterocycles. The lowest BCUT2D eigenvalue weighted by atomic mass is 10.1. The van der Waals surface area contributed by atoms with Crippen molar-refractivity contribution < 1.29 is 4.79 Å². The van der Waals surface area contributed by atoms with E-state index in [4.69, 9.17) is 0 Å². The first-order valence-electron chi connectivity index (χ1n) is 10.2. The molecule has 0 atom stereocenters. The quantitative estimate of drug-likeness (QED) is 0.629. The Morgan fingerprint density at radius 2 is 1.90 bits per heavy atom. The van der Waals surface area contributed by atoms with E-state index in [-0.39, 0.29) is 5.91 Å². The highest BCUT2D eigenvalue weighted by Gasteiger charge is 2.14. The van der Waals surface area contributed by atoms with Crippen LogP contribution in [0.5, 0.6) is 0 Å². The molecule has 0 saturated carbocycles. The molecule has 1 aromatic carbocycles. The molecule has 29 heavy (non-hydrogen) atoms. The minimum atomic E-state index is -0.170. The van der Waals surface area contributed by atoms with E-state index in [1.54, 1.807) is 6.20 Å². The van der Waals surface area contributed by atoms with Crippen molar-refractivity contribution in [3.05, 3.63) is 54.1 Å². The number of amides is 1. The van der Waals surface area contributed by atoms with Crippen molar-refractivity contribution in [1.82, 2.24) is 20.3 Å². The lowest BCUT2D eigenvalue weighted by Gasteiger charge is -2.28. The molecule has 0 spiro atoms. The molecule has 0 radical (unpaired) electrons. The predicted octanol–water partition coefficient (Wildman–Crippen LogP) is 3.17. The molecule has 150 valence electrons. The molecule has 2 aromatic heterocycles. The zero-order chi connectivity index (χ0) is 20.1. The molecule has 1 amide bonds. The molecule has 0 bridgehead atoms. The summed E-state index contributed by atoms with van der Waals surface area (Å²) in [4.78, 5) is 28.2. The maximum atomic E-state index is 12.6. The largest absolute Gasteiger partial charge is 0.368 e. The molecule has 7 heteroatoms. The first kappa shape index (κ1) is 19.1. The normalized spacial score (nSPS) is 14.0. The molecule has 1 aliphatic rings. The van der Waals surface area contributed by atoms with E-state index >= 15 is 0 Å². The number of benzene rings is 1. The molecule has 1 fully saturated rings. The van der Waals surface area contributed by atoms with Crippen LogP contribution in [0.3, 0.4) is 0 Å². The van der Waals surface area contributed by atoms with Gasteiger partial charge in [0.1, 0.15) is 23.2 Å². The molecular weight excluding hydrogens is 364 g/mol. The third kappa shape index (κ3) is 4.62. The molecular formula is C22H26N6O. The summed E-state index contributed by atoms with van der Waals surface area (Å²) in [5.74, 6) is 2.34. The Hall–Kier alpha value is -3.22. The number of hydrogen-bond acceptors (Lipinski definition) is 6. The maximum Gasteiger partial charge on any atom is 0.270 e.